The minimum absolute atomic E-state index is 0.00712. The Labute approximate surface area is 249 Å². The Hall–Kier alpha value is -4.78. The van der Waals surface area contributed by atoms with Crippen molar-refractivity contribution in [3.63, 3.8) is 0 Å². The van der Waals surface area contributed by atoms with Gasteiger partial charge in [-0.2, -0.15) is 9.78 Å². The first-order valence-corrected chi connectivity index (χ1v) is 14.3. The number of aromatic carboxylic acids is 1. The van der Waals surface area contributed by atoms with Gasteiger partial charge in [0.15, 0.2) is 0 Å². The van der Waals surface area contributed by atoms with Crippen LogP contribution >= 0.6 is 0 Å². The molecule has 0 spiro atoms. The lowest BCUT2D eigenvalue weighted by Gasteiger charge is -2.27. The fourth-order valence-electron chi connectivity index (χ4n) is 6.58. The molecule has 1 unspecified atom stereocenters. The van der Waals surface area contributed by atoms with Crippen LogP contribution in [0.4, 0.5) is 13.4 Å². The molecule has 1 amide bonds. The lowest BCUT2D eigenvalue weighted by molar-refractivity contribution is -0.202. The molecule has 1 saturated carbocycles. The van der Waals surface area contributed by atoms with Gasteiger partial charge in [-0.25, -0.2) is 14.2 Å². The number of aryl methyl sites for hydroxylation is 1. The standard InChI is InChI=1S/C31H27F3N6O4/c1-16-35-24-14-38(15-25(24)36-16)28(41)17-6-9-21-26(13-17)39(37-27(21)20-8-7-18(30(43)44)12-23(20)32)29(42)19-4-2-3-5-22(19)31(10-11-31)40(33)34/h2-5,7-8,12,17H,6,9-11,13-15H2,1H3,(H,35,36)(H,43,44). The number of aromatic nitrogens is 4. The fraction of sp³-hybridized carbons (Fsp3) is 0.323. The van der Waals surface area contributed by atoms with Crippen molar-refractivity contribution in [2.24, 2.45) is 5.92 Å². The normalized spacial score (nSPS) is 18.3. The van der Waals surface area contributed by atoms with Gasteiger partial charge >= 0.3 is 5.97 Å². The Morgan fingerprint density at radius 1 is 1.11 bits per heavy atom. The molecule has 0 bridgehead atoms. The maximum Gasteiger partial charge on any atom is 0.335 e. The Morgan fingerprint density at radius 3 is 2.57 bits per heavy atom. The predicted molar refractivity (Wildman–Crippen MR) is 149 cm³/mol. The highest BCUT2D eigenvalue weighted by Gasteiger charge is 2.54. The molecular weight excluding hydrogens is 577 g/mol. The first-order valence-electron chi connectivity index (χ1n) is 14.3. The van der Waals surface area contributed by atoms with Crippen LogP contribution in [0.25, 0.3) is 11.3 Å². The van der Waals surface area contributed by atoms with Crippen molar-refractivity contribution in [2.45, 2.75) is 57.7 Å². The summed E-state index contributed by atoms with van der Waals surface area (Å²) in [5.74, 6) is -2.62. The van der Waals surface area contributed by atoms with Gasteiger partial charge in [0, 0.05) is 34.4 Å². The fourth-order valence-corrected chi connectivity index (χ4v) is 6.58. The summed E-state index contributed by atoms with van der Waals surface area (Å²) in [5, 5.41) is 13.0. The maximum atomic E-state index is 15.3. The second kappa shape index (κ2) is 10.2. The quantitative estimate of drug-likeness (QED) is 0.303. The molecule has 44 heavy (non-hydrogen) atoms. The van der Waals surface area contributed by atoms with Crippen molar-refractivity contribution < 1.29 is 32.8 Å². The minimum atomic E-state index is -1.57. The lowest BCUT2D eigenvalue weighted by Crippen LogP contribution is -2.36. The number of aromatic amines is 1. The number of carboxylic acids is 1. The number of benzene rings is 2. The van der Waals surface area contributed by atoms with Crippen molar-refractivity contribution in [3.8, 4) is 11.3 Å². The third-order valence-corrected chi connectivity index (χ3v) is 8.98. The van der Waals surface area contributed by atoms with Crippen molar-refractivity contribution >= 4 is 17.8 Å². The van der Waals surface area contributed by atoms with Gasteiger partial charge in [0.05, 0.1) is 41.4 Å². The molecule has 4 aromatic rings. The second-order valence-electron chi connectivity index (χ2n) is 11.7. The SMILES string of the molecule is Cc1nc2c([nH]1)CN(C(=O)C1CCc3c(-c4ccc(C(=O)O)cc4F)nn(C(=O)c4ccccc4C4(N(F)F)CC4)c3C1)C2. The van der Waals surface area contributed by atoms with Gasteiger partial charge in [0.1, 0.15) is 17.2 Å². The lowest BCUT2D eigenvalue weighted by atomic mass is 9.84. The predicted octanol–water partition coefficient (Wildman–Crippen LogP) is 4.81. The van der Waals surface area contributed by atoms with E-state index in [1.54, 1.807) is 17.0 Å². The van der Waals surface area contributed by atoms with Gasteiger partial charge < -0.3 is 15.0 Å². The molecule has 2 aliphatic carbocycles. The third-order valence-electron chi connectivity index (χ3n) is 8.98. The summed E-state index contributed by atoms with van der Waals surface area (Å²) in [5.41, 5.74) is 1.22. The number of fused-ring (bicyclic) bond motifs is 2. The number of hydrogen-bond donors (Lipinski definition) is 2. The van der Waals surface area contributed by atoms with E-state index < -0.39 is 34.5 Å². The number of nitrogens with zero attached hydrogens (tertiary/aromatic N) is 5. The summed E-state index contributed by atoms with van der Waals surface area (Å²) >= 11 is 0. The van der Waals surface area contributed by atoms with Crippen molar-refractivity contribution in [1.82, 2.24) is 30.0 Å². The number of carbonyl (C=O) groups excluding carboxylic acids is 2. The van der Waals surface area contributed by atoms with E-state index in [1.807, 2.05) is 6.92 Å². The number of nitrogens with one attached hydrogen (secondary N) is 1. The number of H-pyrrole nitrogens is 1. The largest absolute Gasteiger partial charge is 0.478 e. The topological polar surface area (TPSA) is 124 Å². The van der Waals surface area contributed by atoms with Crippen LogP contribution in [-0.2, 0) is 36.3 Å². The van der Waals surface area contributed by atoms with Gasteiger partial charge in [-0.3, -0.25) is 9.59 Å². The van der Waals surface area contributed by atoms with E-state index in [9.17, 15) is 28.5 Å². The Balaban J connectivity index is 1.29. The zero-order valence-electron chi connectivity index (χ0n) is 23.6. The molecule has 2 N–H and O–H groups in total. The summed E-state index contributed by atoms with van der Waals surface area (Å²) in [6.45, 7) is 2.61. The van der Waals surface area contributed by atoms with Crippen molar-refractivity contribution in [1.29, 1.82) is 0 Å². The van der Waals surface area contributed by atoms with Crippen LogP contribution in [0.1, 0.15) is 74.0 Å². The third kappa shape index (κ3) is 4.41. The van der Waals surface area contributed by atoms with Crippen LogP contribution in [0, 0.1) is 18.7 Å². The Morgan fingerprint density at radius 2 is 1.89 bits per heavy atom. The van der Waals surface area contributed by atoms with Crippen LogP contribution in [0.15, 0.2) is 42.5 Å². The summed E-state index contributed by atoms with van der Waals surface area (Å²) in [6.07, 6.45) is 1.21. The molecule has 7 rings (SSSR count). The van der Waals surface area contributed by atoms with Crippen molar-refractivity contribution in [2.75, 3.05) is 0 Å². The van der Waals surface area contributed by atoms with Crippen LogP contribution in [0.5, 0.6) is 0 Å². The molecule has 0 saturated heterocycles. The number of carbonyl (C=O) groups is 3. The summed E-state index contributed by atoms with van der Waals surface area (Å²) in [7, 11) is 0. The Bertz CT molecular complexity index is 1840. The molecule has 226 valence electrons. The molecule has 1 atom stereocenters. The van der Waals surface area contributed by atoms with E-state index in [0.717, 1.165) is 28.0 Å². The summed E-state index contributed by atoms with van der Waals surface area (Å²) in [6, 6.07) is 9.59. The van der Waals surface area contributed by atoms with Crippen LogP contribution in [0.3, 0.4) is 0 Å². The monoisotopic (exact) mass is 604 g/mol. The van der Waals surface area contributed by atoms with Gasteiger partial charge in [-0.05, 0) is 62.4 Å². The van der Waals surface area contributed by atoms with E-state index in [-0.39, 0.29) is 53.1 Å². The number of rotatable bonds is 6. The zero-order chi connectivity index (χ0) is 30.9. The van der Waals surface area contributed by atoms with E-state index >= 15 is 4.39 Å². The van der Waals surface area contributed by atoms with Gasteiger partial charge in [0.25, 0.3) is 5.91 Å². The molecule has 10 nitrogen and oxygen atoms in total. The molecule has 2 aromatic heterocycles. The van der Waals surface area contributed by atoms with Gasteiger partial charge in [-0.1, -0.05) is 18.2 Å². The van der Waals surface area contributed by atoms with E-state index in [1.165, 1.54) is 24.3 Å². The molecule has 2 aromatic carbocycles. The molecule has 13 heteroatoms. The molecule has 3 heterocycles. The molecule has 0 radical (unpaired) electrons. The summed E-state index contributed by atoms with van der Waals surface area (Å²) in [4.78, 5) is 48.6. The highest BCUT2D eigenvalue weighted by Crippen LogP contribution is 2.52. The first kappa shape index (κ1) is 28.0. The Kier molecular flexibility index (Phi) is 6.46. The molecule has 1 fully saturated rings. The van der Waals surface area contributed by atoms with Crippen LogP contribution in [0.2, 0.25) is 0 Å². The van der Waals surface area contributed by atoms with Crippen LogP contribution in [-0.4, -0.2) is 52.9 Å². The minimum Gasteiger partial charge on any atom is -0.478 e. The number of hydrogen-bond acceptors (Lipinski definition) is 6. The number of imidazole rings is 1. The van der Waals surface area contributed by atoms with E-state index in [0.29, 0.717) is 37.2 Å². The van der Waals surface area contributed by atoms with Crippen LogP contribution < -0.4 is 0 Å². The summed E-state index contributed by atoms with van der Waals surface area (Å²) < 4.78 is 44.4. The second-order valence-corrected chi connectivity index (χ2v) is 11.7. The van der Waals surface area contributed by atoms with E-state index in [4.69, 9.17) is 0 Å². The number of carboxylic acid groups (broad SMARTS) is 1. The zero-order valence-corrected chi connectivity index (χ0v) is 23.6. The average molecular weight is 605 g/mol. The van der Waals surface area contributed by atoms with E-state index in [2.05, 4.69) is 15.1 Å². The number of amides is 1. The number of halogens is 3. The highest BCUT2D eigenvalue weighted by molar-refractivity contribution is 5.98. The van der Waals surface area contributed by atoms with Crippen molar-refractivity contribution in [3.05, 3.63) is 93.4 Å². The maximum absolute atomic E-state index is 15.3. The molecular formula is C31H27F3N6O4. The average Bonchev–Trinajstić information content (AvgIpc) is 3.45. The van der Waals surface area contributed by atoms with Gasteiger partial charge in [-0.15, -0.1) is 8.96 Å². The molecule has 3 aliphatic rings. The van der Waals surface area contributed by atoms with Gasteiger partial charge in [0.2, 0.25) is 5.91 Å². The smallest absolute Gasteiger partial charge is 0.335 e. The highest BCUT2D eigenvalue weighted by atomic mass is 19.4. The first-order chi connectivity index (χ1) is 21.1. The molecule has 1 aliphatic heterocycles.